The van der Waals surface area contributed by atoms with Gasteiger partial charge in [0.25, 0.3) is 0 Å². The zero-order chi connectivity index (χ0) is 51.6. The summed E-state index contributed by atoms with van der Waals surface area (Å²) in [5.41, 5.74) is 0. The van der Waals surface area contributed by atoms with Crippen LogP contribution in [0.3, 0.4) is 0 Å². The Balaban J connectivity index is 1.99. The van der Waals surface area contributed by atoms with E-state index in [-0.39, 0.29) is 54.6 Å². The smallest absolute Gasteiger partial charge is 0.306 e. The van der Waals surface area contributed by atoms with Gasteiger partial charge in [-0.05, 0) is 19.3 Å². The molecule has 412 valence electrons. The number of amides is 2. The fraction of sp³-hybridized carbons (Fsp3) is 0.891. The number of nitrogens with one attached hydrogen (secondary N) is 2. The molecule has 2 amide bonds. The first-order valence-electron chi connectivity index (χ1n) is 28.7. The molecule has 0 bridgehead atoms. The van der Waals surface area contributed by atoms with Crippen LogP contribution < -0.4 is 10.6 Å². The molecule has 1 fully saturated rings. The van der Waals surface area contributed by atoms with Gasteiger partial charge in [0.05, 0.1) is 12.8 Å². The Bertz CT molecular complexity index is 1490. The highest BCUT2D eigenvalue weighted by atomic mass is 32.2. The highest BCUT2D eigenvalue weighted by Gasteiger charge is 2.44. The molecule has 0 spiro atoms. The molecule has 1 aliphatic rings. The van der Waals surface area contributed by atoms with Crippen LogP contribution in [0.4, 0.5) is 5.82 Å². The first-order valence-corrected chi connectivity index (χ1v) is 29.9. The van der Waals surface area contributed by atoms with E-state index in [1.54, 1.807) is 0 Å². The molecule has 0 radical (unpaired) electrons. The summed E-state index contributed by atoms with van der Waals surface area (Å²) in [7, 11) is 0. The molecule has 1 saturated heterocycles. The number of unbranched alkanes of at least 4 members (excludes halogenated alkanes) is 30. The molecule has 2 rings (SSSR count). The van der Waals surface area contributed by atoms with E-state index in [9.17, 15) is 34.5 Å². The molecule has 15 nitrogen and oxygen atoms in total. The molecule has 16 heteroatoms. The maximum absolute atomic E-state index is 13.8. The Morgan fingerprint density at radius 2 is 1.06 bits per heavy atom. The average molecular weight is 1020 g/mol. The molecule has 71 heavy (non-hydrogen) atoms. The monoisotopic (exact) mass is 1020 g/mol. The topological polar surface area (TPSA) is 211 Å². The van der Waals surface area contributed by atoms with Gasteiger partial charge >= 0.3 is 11.9 Å². The van der Waals surface area contributed by atoms with Crippen LogP contribution in [-0.4, -0.2) is 109 Å². The van der Waals surface area contributed by atoms with Crippen molar-refractivity contribution in [1.82, 2.24) is 20.3 Å². The predicted octanol–water partition coefficient (Wildman–Crippen LogP) is 11.6. The Morgan fingerprint density at radius 1 is 0.620 bits per heavy atom. The number of rotatable bonds is 48. The number of anilines is 1. The normalized spacial score (nSPS) is 17.5. The SMILES string of the molecule is CCCCCCCCCCCCCC(=O)N[C@H](CSC[C@@H](COC(=O)CCCCCCCCCCCCC)OC(=O)CCCCCCCCCCCCC)C(=O)Nc1cn([C@H]2OC(CO)[C@@H](O)[C@@H]2O)nn1. The van der Waals surface area contributed by atoms with Gasteiger partial charge in [0, 0.05) is 30.8 Å². The van der Waals surface area contributed by atoms with Gasteiger partial charge in [-0.15, -0.1) is 5.10 Å². The van der Waals surface area contributed by atoms with Crippen molar-refractivity contribution in [2.45, 2.75) is 289 Å². The summed E-state index contributed by atoms with van der Waals surface area (Å²) in [4.78, 5) is 53.2. The number of carbonyl (C=O) groups excluding carboxylic acids is 4. The van der Waals surface area contributed by atoms with Crippen molar-refractivity contribution in [1.29, 1.82) is 0 Å². The molecule has 5 N–H and O–H groups in total. The third-order valence-electron chi connectivity index (χ3n) is 13.5. The number of aromatic nitrogens is 3. The van der Waals surface area contributed by atoms with Crippen LogP contribution in [0.1, 0.15) is 258 Å². The molecule has 1 aromatic heterocycles. The quantitative estimate of drug-likeness (QED) is 0.0304. The van der Waals surface area contributed by atoms with Crippen LogP contribution in [-0.2, 0) is 33.4 Å². The number of ether oxygens (including phenoxy) is 3. The van der Waals surface area contributed by atoms with Gasteiger partial charge in [-0.2, -0.15) is 11.8 Å². The minimum atomic E-state index is -1.39. The van der Waals surface area contributed by atoms with E-state index >= 15 is 0 Å². The number of aliphatic hydroxyl groups is 3. The minimum absolute atomic E-state index is 0.0290. The van der Waals surface area contributed by atoms with Crippen LogP contribution >= 0.6 is 11.8 Å². The summed E-state index contributed by atoms with van der Waals surface area (Å²) >= 11 is 1.31. The zero-order valence-corrected chi connectivity index (χ0v) is 45.6. The van der Waals surface area contributed by atoms with E-state index in [2.05, 4.69) is 41.7 Å². The molecular formula is C55H101N5O10S. The molecule has 1 aromatic rings. The van der Waals surface area contributed by atoms with Crippen LogP contribution in [0.25, 0.3) is 0 Å². The highest BCUT2D eigenvalue weighted by Crippen LogP contribution is 2.29. The van der Waals surface area contributed by atoms with Gasteiger partial charge in [0.15, 0.2) is 12.0 Å². The van der Waals surface area contributed by atoms with Gasteiger partial charge in [0.1, 0.15) is 37.1 Å². The van der Waals surface area contributed by atoms with Gasteiger partial charge < -0.3 is 40.2 Å². The van der Waals surface area contributed by atoms with E-state index in [1.165, 1.54) is 159 Å². The number of nitrogens with zero attached hydrogens (tertiary/aromatic N) is 3. The van der Waals surface area contributed by atoms with Crippen LogP contribution in [0.15, 0.2) is 6.20 Å². The summed E-state index contributed by atoms with van der Waals surface area (Å²) in [5.74, 6) is -1.10. The van der Waals surface area contributed by atoms with E-state index < -0.39 is 49.2 Å². The second-order valence-corrected chi connectivity index (χ2v) is 21.2. The molecule has 1 unspecified atom stereocenters. The van der Waals surface area contributed by atoms with Crippen molar-refractivity contribution in [3.63, 3.8) is 0 Å². The fourth-order valence-electron chi connectivity index (χ4n) is 8.97. The van der Waals surface area contributed by atoms with Gasteiger partial charge in [-0.3, -0.25) is 19.2 Å². The summed E-state index contributed by atoms with van der Waals surface area (Å²) in [6.07, 6.45) is 35.1. The first-order chi connectivity index (χ1) is 34.6. The summed E-state index contributed by atoms with van der Waals surface area (Å²) < 4.78 is 18.3. The summed E-state index contributed by atoms with van der Waals surface area (Å²) in [5, 5.41) is 43.8. The average Bonchev–Trinajstić information content (AvgIpc) is 3.94. The Kier molecular flexibility index (Phi) is 39.5. The number of thioether (sulfide) groups is 1. The van der Waals surface area contributed by atoms with Crippen molar-refractivity contribution in [2.75, 3.05) is 30.0 Å². The van der Waals surface area contributed by atoms with Crippen LogP contribution in [0.5, 0.6) is 0 Å². The second-order valence-electron chi connectivity index (χ2n) is 20.1. The largest absolute Gasteiger partial charge is 0.462 e. The number of carbonyl (C=O) groups is 4. The van der Waals surface area contributed by atoms with Gasteiger partial charge in [0.2, 0.25) is 11.8 Å². The van der Waals surface area contributed by atoms with E-state index in [0.717, 1.165) is 68.9 Å². The van der Waals surface area contributed by atoms with E-state index in [4.69, 9.17) is 14.2 Å². The Labute approximate surface area is 433 Å². The third kappa shape index (κ3) is 32.2. The predicted molar refractivity (Wildman–Crippen MR) is 285 cm³/mol. The second kappa shape index (κ2) is 43.6. The lowest BCUT2D eigenvalue weighted by Crippen LogP contribution is -2.45. The lowest BCUT2D eigenvalue weighted by molar-refractivity contribution is -0.157. The van der Waals surface area contributed by atoms with Gasteiger partial charge in [-0.1, -0.05) is 219 Å². The fourth-order valence-corrected chi connectivity index (χ4v) is 10.0. The highest BCUT2D eigenvalue weighted by molar-refractivity contribution is 7.99. The number of hydrogen-bond acceptors (Lipinski definition) is 13. The van der Waals surface area contributed by atoms with Gasteiger partial charge in [-0.25, -0.2) is 4.68 Å². The van der Waals surface area contributed by atoms with Crippen LogP contribution in [0, 0.1) is 0 Å². The molecule has 0 saturated carbocycles. The van der Waals surface area contributed by atoms with E-state index in [1.807, 2.05) is 0 Å². The van der Waals surface area contributed by atoms with Crippen LogP contribution in [0.2, 0.25) is 0 Å². The van der Waals surface area contributed by atoms with Crippen molar-refractivity contribution < 1.29 is 48.7 Å². The van der Waals surface area contributed by atoms with Crippen molar-refractivity contribution in [2.24, 2.45) is 0 Å². The minimum Gasteiger partial charge on any atom is -0.462 e. The summed E-state index contributed by atoms with van der Waals surface area (Å²) in [6.45, 7) is 6.09. The first kappa shape index (κ1) is 64.3. The maximum Gasteiger partial charge on any atom is 0.306 e. The lowest BCUT2D eigenvalue weighted by Gasteiger charge is -2.21. The molecule has 0 aliphatic carbocycles. The Morgan fingerprint density at radius 3 is 1.51 bits per heavy atom. The number of hydrogen-bond donors (Lipinski definition) is 5. The van der Waals surface area contributed by atoms with Crippen molar-refractivity contribution in [3.05, 3.63) is 6.20 Å². The maximum atomic E-state index is 13.8. The lowest BCUT2D eigenvalue weighted by atomic mass is 10.1. The van der Waals surface area contributed by atoms with E-state index in [0.29, 0.717) is 12.8 Å². The molecular weight excluding hydrogens is 923 g/mol. The Hall–Kier alpha value is -2.79. The number of aliphatic hydroxyl groups excluding tert-OH is 3. The third-order valence-corrected chi connectivity index (χ3v) is 14.7. The van der Waals surface area contributed by atoms with Crippen molar-refractivity contribution >= 4 is 41.3 Å². The summed E-state index contributed by atoms with van der Waals surface area (Å²) in [6, 6.07) is -1.00. The molecule has 0 aromatic carbocycles. The molecule has 1 aliphatic heterocycles. The zero-order valence-electron chi connectivity index (χ0n) is 44.8. The molecule has 2 heterocycles. The molecule has 6 atom stereocenters. The number of esters is 2. The standard InChI is InChI=1S/C55H101N5O10S/c1-4-7-10-13-16-19-22-25-28-31-34-37-49(62)56-46(54(67)57-48-40-60(59-58-48)55-53(66)52(65)47(41-61)70-55)44-71-43-45(69-51(64)39-36-33-30-27-24-21-18-15-12-9-6-3)42-68-50(63)38-35-32-29-26-23-20-17-14-11-8-5-2/h40,45-47,52-53,55,61,65-66H,4-39,41-44H2,1-3H3,(H,56,62)(H,57,67)/t45-,46-,47?,52-,53+,55+/m1/s1. The van der Waals surface area contributed by atoms with Crippen molar-refractivity contribution in [3.8, 4) is 0 Å².